The van der Waals surface area contributed by atoms with Crippen molar-refractivity contribution in [3.8, 4) is 0 Å². The SMILES string of the molecule is CC.Cc1ncoc1C(F)(F)F. The fraction of sp³-hybridized carbons (Fsp3) is 0.571. The summed E-state index contributed by atoms with van der Waals surface area (Å²) >= 11 is 0. The summed E-state index contributed by atoms with van der Waals surface area (Å²) in [4.78, 5) is 3.30. The van der Waals surface area contributed by atoms with Crippen LogP contribution in [0.3, 0.4) is 0 Å². The van der Waals surface area contributed by atoms with Crippen LogP contribution < -0.4 is 0 Å². The van der Waals surface area contributed by atoms with Crippen molar-refractivity contribution in [1.82, 2.24) is 4.98 Å². The number of alkyl halides is 3. The van der Waals surface area contributed by atoms with Crippen LogP contribution in [0.4, 0.5) is 13.2 Å². The maximum atomic E-state index is 11.7. The fourth-order valence-corrected chi connectivity index (χ4v) is 0.574. The van der Waals surface area contributed by atoms with Crippen LogP contribution in [0.5, 0.6) is 0 Å². The Morgan fingerprint density at radius 1 is 1.33 bits per heavy atom. The Balaban J connectivity index is 0.000000561. The van der Waals surface area contributed by atoms with Crippen molar-refractivity contribution in [2.75, 3.05) is 0 Å². The van der Waals surface area contributed by atoms with Gasteiger partial charge in [-0.2, -0.15) is 13.2 Å². The molecule has 1 aromatic rings. The molecule has 5 heteroatoms. The Kier molecular flexibility index (Phi) is 3.79. The molecule has 0 aliphatic rings. The van der Waals surface area contributed by atoms with E-state index in [-0.39, 0.29) is 5.69 Å². The molecule has 1 aromatic heterocycles. The second-order valence-corrected chi connectivity index (χ2v) is 1.76. The van der Waals surface area contributed by atoms with Crippen molar-refractivity contribution >= 4 is 0 Å². The number of halogens is 3. The van der Waals surface area contributed by atoms with Gasteiger partial charge in [-0.05, 0) is 6.92 Å². The van der Waals surface area contributed by atoms with Crippen LogP contribution in [-0.4, -0.2) is 4.98 Å². The van der Waals surface area contributed by atoms with E-state index in [9.17, 15) is 13.2 Å². The highest BCUT2D eigenvalue weighted by Crippen LogP contribution is 2.30. The van der Waals surface area contributed by atoms with Gasteiger partial charge < -0.3 is 4.42 Å². The molecule has 12 heavy (non-hydrogen) atoms. The molecule has 1 heterocycles. The standard InChI is InChI=1S/C5H4F3NO.C2H6/c1-3-4(5(6,7)8)10-2-9-3;1-2/h2H,1H3;1-2H3. The molecule has 0 fully saturated rings. The zero-order chi connectivity index (χ0) is 9.78. The minimum absolute atomic E-state index is 0.132. The van der Waals surface area contributed by atoms with E-state index in [4.69, 9.17) is 0 Å². The molecule has 0 saturated carbocycles. The van der Waals surface area contributed by atoms with Crippen LogP contribution in [0.25, 0.3) is 0 Å². The third-order valence-corrected chi connectivity index (χ3v) is 1.00. The molecule has 1 rings (SSSR count). The normalized spacial score (nSPS) is 10.5. The summed E-state index contributed by atoms with van der Waals surface area (Å²) in [5.41, 5.74) is -0.132. The van der Waals surface area contributed by atoms with Gasteiger partial charge in [0.25, 0.3) is 0 Å². The summed E-state index contributed by atoms with van der Waals surface area (Å²) in [6.07, 6.45) is -3.64. The summed E-state index contributed by atoms with van der Waals surface area (Å²) in [6.45, 7) is 5.24. The van der Waals surface area contributed by atoms with Crippen molar-refractivity contribution < 1.29 is 17.6 Å². The average molecular weight is 181 g/mol. The van der Waals surface area contributed by atoms with Gasteiger partial charge in [0.2, 0.25) is 5.76 Å². The number of oxazole rings is 1. The third-order valence-electron chi connectivity index (χ3n) is 1.00. The van der Waals surface area contributed by atoms with E-state index < -0.39 is 11.9 Å². The molecule has 70 valence electrons. The lowest BCUT2D eigenvalue weighted by molar-refractivity contribution is -0.153. The van der Waals surface area contributed by atoms with Crippen molar-refractivity contribution in [1.29, 1.82) is 0 Å². The number of aromatic nitrogens is 1. The lowest BCUT2D eigenvalue weighted by Crippen LogP contribution is -2.04. The first-order valence-electron chi connectivity index (χ1n) is 3.49. The highest BCUT2D eigenvalue weighted by molar-refractivity contribution is 5.07. The Labute approximate surface area is 68.4 Å². The number of aryl methyl sites for hydroxylation is 1. The molecular formula is C7H10F3NO. The van der Waals surface area contributed by atoms with Gasteiger partial charge in [0.15, 0.2) is 6.39 Å². The quantitative estimate of drug-likeness (QED) is 0.614. The Bertz CT molecular complexity index is 229. The van der Waals surface area contributed by atoms with Crippen LogP contribution in [0.2, 0.25) is 0 Å². The van der Waals surface area contributed by atoms with E-state index in [0.29, 0.717) is 0 Å². The second-order valence-electron chi connectivity index (χ2n) is 1.76. The highest BCUT2D eigenvalue weighted by atomic mass is 19.4. The van der Waals surface area contributed by atoms with Gasteiger partial charge in [-0.25, -0.2) is 4.98 Å². The first kappa shape index (κ1) is 11.0. The lowest BCUT2D eigenvalue weighted by atomic mass is 10.4. The molecule has 0 unspecified atom stereocenters. The molecule has 0 radical (unpaired) electrons. The monoisotopic (exact) mass is 181 g/mol. The number of rotatable bonds is 0. The number of nitrogens with zero attached hydrogens (tertiary/aromatic N) is 1. The van der Waals surface area contributed by atoms with Gasteiger partial charge in [-0.1, -0.05) is 13.8 Å². The van der Waals surface area contributed by atoms with Gasteiger partial charge in [-0.3, -0.25) is 0 Å². The molecule has 0 aliphatic carbocycles. The van der Waals surface area contributed by atoms with E-state index in [1.165, 1.54) is 6.92 Å². The first-order chi connectivity index (χ1) is 5.52. The largest absolute Gasteiger partial charge is 0.451 e. The summed E-state index contributed by atoms with van der Waals surface area (Å²) in [7, 11) is 0. The summed E-state index contributed by atoms with van der Waals surface area (Å²) in [5, 5.41) is 0. The molecular weight excluding hydrogens is 171 g/mol. The topological polar surface area (TPSA) is 26.0 Å². The average Bonchev–Trinajstić information content (AvgIpc) is 2.38. The van der Waals surface area contributed by atoms with Crippen molar-refractivity contribution in [3.05, 3.63) is 17.8 Å². The summed E-state index contributed by atoms with van der Waals surface area (Å²) < 4.78 is 39.3. The molecule has 0 aliphatic heterocycles. The molecule has 2 nitrogen and oxygen atoms in total. The molecule has 0 bridgehead atoms. The molecule has 0 N–H and O–H groups in total. The van der Waals surface area contributed by atoms with Crippen LogP contribution in [-0.2, 0) is 6.18 Å². The molecule has 0 aromatic carbocycles. The minimum atomic E-state index is -4.42. The predicted octanol–water partition coefficient (Wildman–Crippen LogP) is 3.03. The Hall–Kier alpha value is -1.00. The van der Waals surface area contributed by atoms with Crippen LogP contribution >= 0.6 is 0 Å². The Morgan fingerprint density at radius 2 is 1.83 bits per heavy atom. The fourth-order valence-electron chi connectivity index (χ4n) is 0.574. The number of hydrogen-bond acceptors (Lipinski definition) is 2. The maximum absolute atomic E-state index is 11.7. The summed E-state index contributed by atoms with van der Waals surface area (Å²) in [6, 6.07) is 0. The van der Waals surface area contributed by atoms with Gasteiger partial charge in [0.1, 0.15) is 0 Å². The maximum Gasteiger partial charge on any atom is 0.451 e. The van der Waals surface area contributed by atoms with Gasteiger partial charge in [0.05, 0.1) is 5.69 Å². The van der Waals surface area contributed by atoms with Crippen LogP contribution in [0, 0.1) is 6.92 Å². The van der Waals surface area contributed by atoms with Crippen molar-refractivity contribution in [3.63, 3.8) is 0 Å². The van der Waals surface area contributed by atoms with Crippen molar-refractivity contribution in [2.24, 2.45) is 0 Å². The third kappa shape index (κ3) is 2.56. The minimum Gasteiger partial charge on any atom is -0.439 e. The van der Waals surface area contributed by atoms with Crippen molar-refractivity contribution in [2.45, 2.75) is 26.9 Å². The zero-order valence-electron chi connectivity index (χ0n) is 7.07. The second kappa shape index (κ2) is 4.13. The van der Waals surface area contributed by atoms with E-state index in [1.807, 2.05) is 13.8 Å². The lowest BCUT2D eigenvalue weighted by Gasteiger charge is -2.00. The van der Waals surface area contributed by atoms with E-state index in [1.54, 1.807) is 0 Å². The highest BCUT2D eigenvalue weighted by Gasteiger charge is 2.36. The molecule has 0 atom stereocenters. The zero-order valence-corrected chi connectivity index (χ0v) is 7.07. The van der Waals surface area contributed by atoms with E-state index >= 15 is 0 Å². The summed E-state index contributed by atoms with van der Waals surface area (Å²) in [5.74, 6) is -1.02. The molecule has 0 amide bonds. The smallest absolute Gasteiger partial charge is 0.439 e. The molecule has 0 saturated heterocycles. The number of hydrogen-bond donors (Lipinski definition) is 0. The first-order valence-corrected chi connectivity index (χ1v) is 3.49. The van der Waals surface area contributed by atoms with Gasteiger partial charge >= 0.3 is 6.18 Å². The van der Waals surface area contributed by atoms with Crippen LogP contribution in [0.1, 0.15) is 25.3 Å². The van der Waals surface area contributed by atoms with Gasteiger partial charge in [-0.15, -0.1) is 0 Å². The molecule has 0 spiro atoms. The predicted molar refractivity (Wildman–Crippen MR) is 37.6 cm³/mol. The van der Waals surface area contributed by atoms with E-state index in [2.05, 4.69) is 9.40 Å². The Morgan fingerprint density at radius 3 is 2.00 bits per heavy atom. The van der Waals surface area contributed by atoms with Gasteiger partial charge in [0, 0.05) is 0 Å². The van der Waals surface area contributed by atoms with E-state index in [0.717, 1.165) is 6.39 Å². The van der Waals surface area contributed by atoms with Crippen LogP contribution in [0.15, 0.2) is 10.8 Å².